The summed E-state index contributed by atoms with van der Waals surface area (Å²) in [6.45, 7) is 2.11. The average Bonchev–Trinajstić information content (AvgIpc) is 2.62. The van der Waals surface area contributed by atoms with Gasteiger partial charge in [0.2, 0.25) is 0 Å². The van der Waals surface area contributed by atoms with Crippen molar-refractivity contribution in [3.63, 3.8) is 0 Å². The van der Waals surface area contributed by atoms with Crippen LogP contribution in [0.1, 0.15) is 6.92 Å². The Labute approximate surface area is 141 Å². The molecule has 4 heteroatoms. The van der Waals surface area contributed by atoms with E-state index >= 15 is 0 Å². The Kier molecular flexibility index (Phi) is 4.93. The summed E-state index contributed by atoms with van der Waals surface area (Å²) in [5, 5.41) is 0.812. The molecule has 3 rings (SSSR count). The minimum absolute atomic E-state index is 0.812. The quantitative estimate of drug-likeness (QED) is 0.487. The average molecular weight is 321 g/mol. The first kappa shape index (κ1) is 15.6. The van der Waals surface area contributed by atoms with E-state index < -0.39 is 0 Å². The lowest BCUT2D eigenvalue weighted by atomic mass is 10.1. The van der Waals surface area contributed by atoms with Crippen molar-refractivity contribution in [1.82, 2.24) is 9.97 Å². The van der Waals surface area contributed by atoms with Gasteiger partial charge >= 0.3 is 0 Å². The molecule has 0 saturated carbocycles. The van der Waals surface area contributed by atoms with Gasteiger partial charge in [0.05, 0.1) is 5.69 Å². The Morgan fingerprint density at radius 3 is 2.22 bits per heavy atom. The maximum atomic E-state index is 4.70. The van der Waals surface area contributed by atoms with Gasteiger partial charge in [0, 0.05) is 24.4 Å². The van der Waals surface area contributed by atoms with Crippen LogP contribution in [0.5, 0.6) is 0 Å². The van der Waals surface area contributed by atoms with Crippen molar-refractivity contribution in [1.29, 1.82) is 0 Å². The number of hydrogen-bond donors (Lipinski definition) is 0. The Balaban J connectivity index is 2.04. The van der Waals surface area contributed by atoms with Crippen LogP contribution in [0.2, 0.25) is 0 Å². The molecule has 0 aliphatic heterocycles. The molecule has 0 unspecified atom stereocenters. The second kappa shape index (κ2) is 7.29. The molecular formula is C19H19N3S. The number of rotatable bonds is 5. The predicted octanol–water partition coefficient (Wildman–Crippen LogP) is 5.02. The van der Waals surface area contributed by atoms with E-state index in [4.69, 9.17) is 9.97 Å². The van der Waals surface area contributed by atoms with Gasteiger partial charge in [0.25, 0.3) is 0 Å². The Morgan fingerprint density at radius 2 is 1.57 bits per heavy atom. The predicted molar refractivity (Wildman–Crippen MR) is 98.4 cm³/mol. The third-order valence-corrected chi connectivity index (χ3v) is 4.25. The highest BCUT2D eigenvalue weighted by Crippen LogP contribution is 2.28. The van der Waals surface area contributed by atoms with Crippen molar-refractivity contribution in [3.8, 4) is 11.3 Å². The van der Waals surface area contributed by atoms with Gasteiger partial charge in [-0.3, -0.25) is 0 Å². The van der Waals surface area contributed by atoms with Crippen LogP contribution in [0.3, 0.4) is 0 Å². The molecule has 116 valence electrons. The molecule has 2 aromatic carbocycles. The molecule has 0 aliphatic carbocycles. The summed E-state index contributed by atoms with van der Waals surface area (Å²) in [5.41, 5.74) is 3.17. The van der Waals surface area contributed by atoms with Crippen LogP contribution in [0.15, 0.2) is 71.9 Å². The molecule has 0 N–H and O–H groups in total. The summed E-state index contributed by atoms with van der Waals surface area (Å²) in [5.74, 6) is 1.85. The van der Waals surface area contributed by atoms with Crippen LogP contribution >= 0.6 is 11.8 Å². The van der Waals surface area contributed by atoms with Crippen molar-refractivity contribution >= 4 is 23.3 Å². The van der Waals surface area contributed by atoms with Gasteiger partial charge in [0.1, 0.15) is 5.82 Å². The summed E-state index contributed by atoms with van der Waals surface area (Å²) in [4.78, 5) is 11.5. The van der Waals surface area contributed by atoms with Gasteiger partial charge in [-0.1, -0.05) is 67.2 Å². The highest BCUT2D eigenvalue weighted by Gasteiger charge is 2.11. The fourth-order valence-electron chi connectivity index (χ4n) is 2.32. The number of anilines is 2. The van der Waals surface area contributed by atoms with Gasteiger partial charge in [-0.15, -0.1) is 0 Å². The largest absolute Gasteiger partial charge is 0.329 e. The van der Waals surface area contributed by atoms with Crippen molar-refractivity contribution in [2.75, 3.05) is 17.7 Å². The van der Waals surface area contributed by atoms with Crippen LogP contribution in [-0.4, -0.2) is 22.8 Å². The lowest BCUT2D eigenvalue weighted by Gasteiger charge is -2.19. The van der Waals surface area contributed by atoms with Crippen LogP contribution in [0.4, 0.5) is 11.5 Å². The summed E-state index contributed by atoms with van der Waals surface area (Å²) in [6.07, 6.45) is 0. The van der Waals surface area contributed by atoms with Crippen molar-refractivity contribution in [2.45, 2.75) is 12.1 Å². The monoisotopic (exact) mass is 321 g/mol. The number of para-hydroxylation sites is 1. The Hall–Kier alpha value is -2.33. The molecule has 0 aliphatic rings. The number of benzene rings is 2. The van der Waals surface area contributed by atoms with Crippen molar-refractivity contribution in [2.24, 2.45) is 0 Å². The van der Waals surface area contributed by atoms with E-state index in [1.807, 2.05) is 49.5 Å². The lowest BCUT2D eigenvalue weighted by molar-refractivity contribution is 0.948. The van der Waals surface area contributed by atoms with E-state index in [0.717, 1.165) is 33.7 Å². The van der Waals surface area contributed by atoms with Crippen LogP contribution in [0, 0.1) is 0 Å². The van der Waals surface area contributed by atoms with Crippen molar-refractivity contribution in [3.05, 3.63) is 66.7 Å². The first-order chi connectivity index (χ1) is 11.3. The van der Waals surface area contributed by atoms with E-state index in [0.29, 0.717) is 0 Å². The molecule has 1 aromatic heterocycles. The number of nitrogens with zero attached hydrogens (tertiary/aromatic N) is 3. The third-order valence-electron chi connectivity index (χ3n) is 3.52. The summed E-state index contributed by atoms with van der Waals surface area (Å²) in [7, 11) is 2.03. The summed E-state index contributed by atoms with van der Waals surface area (Å²) >= 11 is 1.66. The second-order valence-electron chi connectivity index (χ2n) is 5.09. The Bertz CT molecular complexity index is 760. The van der Waals surface area contributed by atoms with Crippen molar-refractivity contribution < 1.29 is 0 Å². The molecule has 0 bridgehead atoms. The summed E-state index contributed by atoms with van der Waals surface area (Å²) < 4.78 is 0. The van der Waals surface area contributed by atoms with Crippen LogP contribution in [-0.2, 0) is 0 Å². The number of aromatic nitrogens is 2. The highest BCUT2D eigenvalue weighted by molar-refractivity contribution is 7.99. The number of hydrogen-bond acceptors (Lipinski definition) is 4. The van der Waals surface area contributed by atoms with E-state index in [-0.39, 0.29) is 0 Å². The second-order valence-corrected chi connectivity index (χ2v) is 6.32. The zero-order chi connectivity index (χ0) is 16.1. The fraction of sp³-hybridized carbons (Fsp3) is 0.158. The molecule has 0 spiro atoms. The third kappa shape index (κ3) is 3.71. The minimum atomic E-state index is 0.812. The molecule has 3 nitrogen and oxygen atoms in total. The lowest BCUT2D eigenvalue weighted by Crippen LogP contribution is -2.12. The fourth-order valence-corrected chi connectivity index (χ4v) is 2.90. The van der Waals surface area contributed by atoms with Gasteiger partial charge in [-0.25, -0.2) is 9.97 Å². The molecule has 0 fully saturated rings. The molecular weight excluding hydrogens is 302 g/mol. The molecule has 3 aromatic rings. The maximum absolute atomic E-state index is 4.70. The number of thioether (sulfide) groups is 1. The first-order valence-electron chi connectivity index (χ1n) is 7.64. The van der Waals surface area contributed by atoms with Gasteiger partial charge < -0.3 is 4.90 Å². The maximum Gasteiger partial charge on any atom is 0.190 e. The smallest absolute Gasteiger partial charge is 0.190 e. The Morgan fingerprint density at radius 1 is 0.913 bits per heavy atom. The van der Waals surface area contributed by atoms with Gasteiger partial charge in [-0.2, -0.15) is 0 Å². The highest BCUT2D eigenvalue weighted by atomic mass is 32.2. The van der Waals surface area contributed by atoms with Crippen LogP contribution in [0.25, 0.3) is 11.3 Å². The standard InChI is InChI=1S/C19H19N3S/c1-3-23-19-20-17(15-10-6-4-7-11-15)14-18(21-19)22(2)16-12-8-5-9-13-16/h4-14H,3H2,1-2H3. The molecule has 0 saturated heterocycles. The zero-order valence-corrected chi connectivity index (χ0v) is 14.1. The topological polar surface area (TPSA) is 29.0 Å². The van der Waals surface area contributed by atoms with E-state index in [1.165, 1.54) is 0 Å². The van der Waals surface area contributed by atoms with E-state index in [9.17, 15) is 0 Å². The first-order valence-corrected chi connectivity index (χ1v) is 8.62. The van der Waals surface area contributed by atoms with E-state index in [2.05, 4.69) is 36.1 Å². The zero-order valence-electron chi connectivity index (χ0n) is 13.3. The minimum Gasteiger partial charge on any atom is -0.329 e. The molecule has 0 atom stereocenters. The molecule has 0 amide bonds. The van der Waals surface area contributed by atoms with Crippen LogP contribution < -0.4 is 4.90 Å². The molecule has 0 radical (unpaired) electrons. The summed E-state index contributed by atoms with van der Waals surface area (Å²) in [6, 6.07) is 22.5. The van der Waals surface area contributed by atoms with E-state index in [1.54, 1.807) is 11.8 Å². The molecule has 1 heterocycles. The SMILES string of the molecule is CCSc1nc(-c2ccccc2)cc(N(C)c2ccccc2)n1. The van der Waals surface area contributed by atoms with Gasteiger partial charge in [-0.05, 0) is 17.9 Å². The molecule has 23 heavy (non-hydrogen) atoms. The normalized spacial score (nSPS) is 10.5. The van der Waals surface area contributed by atoms with Gasteiger partial charge in [0.15, 0.2) is 5.16 Å².